The molecule has 1 aromatic heterocycles. The number of thioether (sulfide) groups is 1. The lowest BCUT2D eigenvalue weighted by atomic mass is 10.4. The minimum Gasteiger partial charge on any atom is -0.481 e. The topological polar surface area (TPSA) is 119 Å². The van der Waals surface area contributed by atoms with E-state index in [2.05, 4.69) is 4.98 Å². The third-order valence-corrected chi connectivity index (χ3v) is 2.33. The van der Waals surface area contributed by atoms with Gasteiger partial charge in [0, 0.05) is 6.07 Å². The summed E-state index contributed by atoms with van der Waals surface area (Å²) in [4.78, 5) is 23.7. The van der Waals surface area contributed by atoms with E-state index < -0.39 is 10.9 Å². The third-order valence-electron chi connectivity index (χ3n) is 1.42. The summed E-state index contributed by atoms with van der Waals surface area (Å²) < 4.78 is 0. The Morgan fingerprint density at radius 1 is 1.67 bits per heavy atom. The van der Waals surface area contributed by atoms with Crippen LogP contribution in [0.5, 0.6) is 0 Å². The van der Waals surface area contributed by atoms with Gasteiger partial charge in [0.15, 0.2) is 0 Å². The van der Waals surface area contributed by atoms with Crippen LogP contribution in [0, 0.1) is 10.1 Å². The molecule has 0 spiro atoms. The molecule has 3 N–H and O–H groups in total. The van der Waals surface area contributed by atoms with Crippen LogP contribution in [0.1, 0.15) is 0 Å². The van der Waals surface area contributed by atoms with Gasteiger partial charge < -0.3 is 10.8 Å². The van der Waals surface area contributed by atoms with Crippen molar-refractivity contribution in [2.75, 3.05) is 11.5 Å². The largest absolute Gasteiger partial charge is 0.481 e. The van der Waals surface area contributed by atoms with Crippen LogP contribution in [0.4, 0.5) is 11.5 Å². The standard InChI is InChI=1S/C7H7N3O4S/c8-7-4(10(13)14)1-2-5(9-7)15-3-6(11)12/h1-2H,3H2,(H2,8,9)(H,11,12). The summed E-state index contributed by atoms with van der Waals surface area (Å²) in [6, 6.07) is 2.56. The maximum absolute atomic E-state index is 10.4. The summed E-state index contributed by atoms with van der Waals surface area (Å²) in [6.45, 7) is 0. The van der Waals surface area contributed by atoms with Gasteiger partial charge in [-0.2, -0.15) is 0 Å². The fourth-order valence-electron chi connectivity index (χ4n) is 0.819. The van der Waals surface area contributed by atoms with Gasteiger partial charge >= 0.3 is 11.7 Å². The van der Waals surface area contributed by atoms with E-state index in [1.807, 2.05) is 0 Å². The number of nitro groups is 1. The van der Waals surface area contributed by atoms with Gasteiger partial charge in [-0.05, 0) is 6.07 Å². The molecule has 0 saturated heterocycles. The van der Waals surface area contributed by atoms with Gasteiger partial charge in [0.25, 0.3) is 0 Å². The van der Waals surface area contributed by atoms with Crippen molar-refractivity contribution in [2.24, 2.45) is 0 Å². The Bertz CT molecular complexity index is 409. The van der Waals surface area contributed by atoms with Gasteiger partial charge in [-0.1, -0.05) is 11.8 Å². The van der Waals surface area contributed by atoms with E-state index in [-0.39, 0.29) is 17.3 Å². The van der Waals surface area contributed by atoms with E-state index in [1.165, 1.54) is 12.1 Å². The Morgan fingerprint density at radius 3 is 2.80 bits per heavy atom. The first-order chi connectivity index (χ1) is 7.00. The number of anilines is 1. The zero-order valence-electron chi connectivity index (χ0n) is 7.41. The summed E-state index contributed by atoms with van der Waals surface area (Å²) in [7, 11) is 0. The van der Waals surface area contributed by atoms with Crippen molar-refractivity contribution < 1.29 is 14.8 Å². The molecule has 0 radical (unpaired) electrons. The monoisotopic (exact) mass is 229 g/mol. The first-order valence-corrected chi connectivity index (χ1v) is 4.75. The second-order valence-corrected chi connectivity index (χ2v) is 3.49. The second kappa shape index (κ2) is 4.60. The van der Waals surface area contributed by atoms with Crippen molar-refractivity contribution in [3.8, 4) is 0 Å². The van der Waals surface area contributed by atoms with E-state index in [4.69, 9.17) is 10.8 Å². The van der Waals surface area contributed by atoms with Gasteiger partial charge in [-0.25, -0.2) is 4.98 Å². The number of carboxylic acid groups (broad SMARTS) is 1. The molecule has 0 amide bonds. The fraction of sp³-hybridized carbons (Fsp3) is 0.143. The summed E-state index contributed by atoms with van der Waals surface area (Å²) in [5, 5.41) is 19.1. The third kappa shape index (κ3) is 3.09. The lowest BCUT2D eigenvalue weighted by Crippen LogP contribution is -2.01. The zero-order valence-corrected chi connectivity index (χ0v) is 8.23. The molecule has 0 unspecified atom stereocenters. The van der Waals surface area contributed by atoms with Crippen molar-refractivity contribution in [1.29, 1.82) is 0 Å². The van der Waals surface area contributed by atoms with Crippen molar-refractivity contribution in [3.63, 3.8) is 0 Å². The average molecular weight is 229 g/mol. The smallest absolute Gasteiger partial charge is 0.313 e. The number of pyridine rings is 1. The van der Waals surface area contributed by atoms with Crippen LogP contribution in [-0.4, -0.2) is 26.7 Å². The lowest BCUT2D eigenvalue weighted by Gasteiger charge is -1.99. The van der Waals surface area contributed by atoms with E-state index in [0.717, 1.165) is 11.8 Å². The molecule has 80 valence electrons. The van der Waals surface area contributed by atoms with E-state index >= 15 is 0 Å². The van der Waals surface area contributed by atoms with Crippen molar-refractivity contribution in [2.45, 2.75) is 5.03 Å². The minimum atomic E-state index is -0.987. The fourth-order valence-corrected chi connectivity index (χ4v) is 1.42. The molecule has 0 aromatic carbocycles. The Kier molecular flexibility index (Phi) is 3.45. The molecule has 0 saturated carbocycles. The van der Waals surface area contributed by atoms with Crippen LogP contribution in [-0.2, 0) is 4.79 Å². The van der Waals surface area contributed by atoms with Crippen LogP contribution in [0.25, 0.3) is 0 Å². The summed E-state index contributed by atoms with van der Waals surface area (Å²) in [6.07, 6.45) is 0. The van der Waals surface area contributed by atoms with Crippen molar-refractivity contribution in [1.82, 2.24) is 4.98 Å². The van der Waals surface area contributed by atoms with Crippen LogP contribution in [0.15, 0.2) is 17.2 Å². The average Bonchev–Trinajstić information content (AvgIpc) is 2.14. The number of nitrogens with zero attached hydrogens (tertiary/aromatic N) is 2. The number of rotatable bonds is 4. The van der Waals surface area contributed by atoms with Gasteiger partial charge in [-0.3, -0.25) is 14.9 Å². The second-order valence-electron chi connectivity index (χ2n) is 2.49. The first kappa shape index (κ1) is 11.2. The highest BCUT2D eigenvalue weighted by molar-refractivity contribution is 7.99. The molecule has 0 aliphatic rings. The number of aromatic nitrogens is 1. The molecule has 0 fully saturated rings. The molecule has 1 rings (SSSR count). The minimum absolute atomic E-state index is 0.162. The molecule has 0 aliphatic heterocycles. The molecular formula is C7H7N3O4S. The maximum Gasteiger partial charge on any atom is 0.313 e. The quantitative estimate of drug-likeness (QED) is 0.444. The van der Waals surface area contributed by atoms with E-state index in [0.29, 0.717) is 5.03 Å². The lowest BCUT2D eigenvalue weighted by molar-refractivity contribution is -0.384. The van der Waals surface area contributed by atoms with Crippen LogP contribution < -0.4 is 5.73 Å². The van der Waals surface area contributed by atoms with Crippen LogP contribution >= 0.6 is 11.8 Å². The van der Waals surface area contributed by atoms with E-state index in [9.17, 15) is 14.9 Å². The predicted octanol–water partition coefficient (Wildman–Crippen LogP) is 0.749. The Hall–Kier alpha value is -1.83. The SMILES string of the molecule is Nc1nc(SCC(=O)O)ccc1[N+](=O)[O-]. The summed E-state index contributed by atoms with van der Waals surface area (Å²) in [5.74, 6) is -1.36. The molecule has 7 nitrogen and oxygen atoms in total. The van der Waals surface area contributed by atoms with Crippen molar-refractivity contribution >= 4 is 29.2 Å². The molecule has 8 heteroatoms. The number of nitrogens with two attached hydrogens (primary N) is 1. The normalized spacial score (nSPS) is 9.87. The van der Waals surface area contributed by atoms with Gasteiger partial charge in [0.1, 0.15) is 0 Å². The number of carbonyl (C=O) groups is 1. The molecule has 15 heavy (non-hydrogen) atoms. The number of nitrogen functional groups attached to an aromatic ring is 1. The zero-order chi connectivity index (χ0) is 11.4. The highest BCUT2D eigenvalue weighted by Gasteiger charge is 2.13. The number of carboxylic acids is 1. The Balaban J connectivity index is 2.82. The summed E-state index contributed by atoms with van der Waals surface area (Å²) in [5.41, 5.74) is 5.03. The molecule has 0 bridgehead atoms. The summed E-state index contributed by atoms with van der Waals surface area (Å²) >= 11 is 0.950. The molecular weight excluding hydrogens is 222 g/mol. The van der Waals surface area contributed by atoms with Crippen LogP contribution in [0.3, 0.4) is 0 Å². The van der Waals surface area contributed by atoms with Crippen molar-refractivity contribution in [3.05, 3.63) is 22.2 Å². The highest BCUT2D eigenvalue weighted by Crippen LogP contribution is 2.23. The number of aliphatic carboxylic acids is 1. The molecule has 0 aliphatic carbocycles. The van der Waals surface area contributed by atoms with E-state index in [1.54, 1.807) is 0 Å². The Labute approximate surface area is 88.5 Å². The van der Waals surface area contributed by atoms with Crippen LogP contribution in [0.2, 0.25) is 0 Å². The number of hydrogen-bond acceptors (Lipinski definition) is 6. The molecule has 1 aromatic rings. The highest BCUT2D eigenvalue weighted by atomic mass is 32.2. The van der Waals surface area contributed by atoms with Gasteiger partial charge in [-0.15, -0.1) is 0 Å². The predicted molar refractivity (Wildman–Crippen MR) is 53.7 cm³/mol. The molecule has 0 atom stereocenters. The molecule has 1 heterocycles. The Morgan fingerprint density at radius 2 is 2.33 bits per heavy atom. The van der Waals surface area contributed by atoms with Gasteiger partial charge in [0.2, 0.25) is 5.82 Å². The maximum atomic E-state index is 10.4. The van der Waals surface area contributed by atoms with Gasteiger partial charge in [0.05, 0.1) is 15.7 Å². The number of hydrogen-bond donors (Lipinski definition) is 2. The first-order valence-electron chi connectivity index (χ1n) is 3.76.